The van der Waals surface area contributed by atoms with Crippen molar-refractivity contribution in [3.63, 3.8) is 0 Å². The van der Waals surface area contributed by atoms with Crippen molar-refractivity contribution in [1.82, 2.24) is 0 Å². The van der Waals surface area contributed by atoms with Crippen LogP contribution in [-0.2, 0) is 0 Å². The van der Waals surface area contributed by atoms with Crippen LogP contribution in [0.4, 0.5) is 5.69 Å². The van der Waals surface area contributed by atoms with Crippen LogP contribution in [0.15, 0.2) is 48.5 Å². The molecule has 2 aromatic rings. The maximum atomic E-state index is 10.3. The van der Waals surface area contributed by atoms with E-state index < -0.39 is 6.10 Å². The second-order valence-corrected chi connectivity index (χ2v) is 5.09. The standard InChI is InChI=1S/C17H21NO/c1-13-8-10-15(11-9-13)17(19)12-18(3)16-7-5-4-6-14(16)2/h4-11,17,19H,12H2,1-3H3. The third kappa shape index (κ3) is 3.36. The van der Waals surface area contributed by atoms with Gasteiger partial charge in [-0.1, -0.05) is 48.0 Å². The number of hydrogen-bond acceptors (Lipinski definition) is 2. The second kappa shape index (κ2) is 5.89. The Kier molecular flexibility index (Phi) is 4.23. The number of likely N-dealkylation sites (N-methyl/N-ethyl adjacent to an activating group) is 1. The van der Waals surface area contributed by atoms with Crippen LogP contribution < -0.4 is 4.90 Å². The topological polar surface area (TPSA) is 23.5 Å². The molecule has 0 aliphatic rings. The summed E-state index contributed by atoms with van der Waals surface area (Å²) in [6.45, 7) is 4.73. The number of aliphatic hydroxyl groups is 1. The summed E-state index contributed by atoms with van der Waals surface area (Å²) in [5, 5.41) is 10.3. The van der Waals surface area contributed by atoms with Gasteiger partial charge in [0, 0.05) is 19.3 Å². The van der Waals surface area contributed by atoms with Crippen LogP contribution in [0.25, 0.3) is 0 Å². The van der Waals surface area contributed by atoms with Gasteiger partial charge in [0.2, 0.25) is 0 Å². The lowest BCUT2D eigenvalue weighted by molar-refractivity contribution is 0.185. The fourth-order valence-electron chi connectivity index (χ4n) is 2.24. The van der Waals surface area contributed by atoms with Crippen molar-refractivity contribution in [2.75, 3.05) is 18.5 Å². The van der Waals surface area contributed by atoms with Crippen LogP contribution in [0.2, 0.25) is 0 Å². The molecule has 0 amide bonds. The lowest BCUT2D eigenvalue weighted by atomic mass is 10.1. The smallest absolute Gasteiger partial charge is 0.0964 e. The Morgan fingerprint density at radius 1 is 1.00 bits per heavy atom. The van der Waals surface area contributed by atoms with Gasteiger partial charge in [-0.05, 0) is 31.0 Å². The Labute approximate surface area is 115 Å². The number of hydrogen-bond donors (Lipinski definition) is 1. The van der Waals surface area contributed by atoms with E-state index in [4.69, 9.17) is 0 Å². The van der Waals surface area contributed by atoms with E-state index in [-0.39, 0.29) is 0 Å². The summed E-state index contributed by atoms with van der Waals surface area (Å²) in [5.41, 5.74) is 4.56. The molecule has 100 valence electrons. The quantitative estimate of drug-likeness (QED) is 0.904. The van der Waals surface area contributed by atoms with Crippen LogP contribution in [0.3, 0.4) is 0 Å². The molecule has 2 aromatic carbocycles. The maximum Gasteiger partial charge on any atom is 0.0964 e. The molecule has 2 heteroatoms. The zero-order valence-corrected chi connectivity index (χ0v) is 11.8. The molecule has 0 saturated carbocycles. The van der Waals surface area contributed by atoms with Gasteiger partial charge in [-0.25, -0.2) is 0 Å². The molecule has 0 spiro atoms. The van der Waals surface area contributed by atoms with E-state index in [1.807, 2.05) is 43.4 Å². The summed E-state index contributed by atoms with van der Waals surface area (Å²) in [6, 6.07) is 16.3. The van der Waals surface area contributed by atoms with Gasteiger partial charge in [-0.15, -0.1) is 0 Å². The summed E-state index contributed by atoms with van der Waals surface area (Å²) in [4.78, 5) is 2.10. The lowest BCUT2D eigenvalue weighted by Gasteiger charge is -2.24. The van der Waals surface area contributed by atoms with Crippen molar-refractivity contribution >= 4 is 5.69 Å². The molecule has 0 aliphatic heterocycles. The first kappa shape index (κ1) is 13.6. The maximum absolute atomic E-state index is 10.3. The normalized spacial score (nSPS) is 12.2. The van der Waals surface area contributed by atoms with Gasteiger partial charge in [-0.2, -0.15) is 0 Å². The molecule has 0 aliphatic carbocycles. The summed E-state index contributed by atoms with van der Waals surface area (Å²) >= 11 is 0. The van der Waals surface area contributed by atoms with Crippen molar-refractivity contribution in [3.8, 4) is 0 Å². The van der Waals surface area contributed by atoms with E-state index in [1.165, 1.54) is 11.1 Å². The zero-order chi connectivity index (χ0) is 13.8. The molecule has 2 nitrogen and oxygen atoms in total. The minimum absolute atomic E-state index is 0.467. The van der Waals surface area contributed by atoms with Gasteiger partial charge < -0.3 is 10.0 Å². The third-order valence-electron chi connectivity index (χ3n) is 3.44. The molecule has 0 saturated heterocycles. The molecule has 1 N–H and O–H groups in total. The zero-order valence-electron chi connectivity index (χ0n) is 11.8. The van der Waals surface area contributed by atoms with Gasteiger partial charge in [0.05, 0.1) is 6.10 Å². The average Bonchev–Trinajstić information content (AvgIpc) is 2.39. The highest BCUT2D eigenvalue weighted by molar-refractivity contribution is 5.52. The molecule has 0 heterocycles. The first-order chi connectivity index (χ1) is 9.08. The summed E-state index contributed by atoms with van der Waals surface area (Å²) < 4.78 is 0. The van der Waals surface area contributed by atoms with Gasteiger partial charge >= 0.3 is 0 Å². The van der Waals surface area contributed by atoms with Gasteiger partial charge in [0.25, 0.3) is 0 Å². The van der Waals surface area contributed by atoms with E-state index in [2.05, 4.69) is 30.9 Å². The molecule has 0 radical (unpaired) electrons. The molecule has 0 fully saturated rings. The molecule has 1 atom stereocenters. The van der Waals surface area contributed by atoms with E-state index in [9.17, 15) is 5.11 Å². The van der Waals surface area contributed by atoms with E-state index >= 15 is 0 Å². The number of nitrogens with zero attached hydrogens (tertiary/aromatic N) is 1. The molecular weight excluding hydrogens is 234 g/mol. The van der Waals surface area contributed by atoms with Crippen molar-refractivity contribution in [2.45, 2.75) is 20.0 Å². The van der Waals surface area contributed by atoms with Crippen molar-refractivity contribution in [3.05, 3.63) is 65.2 Å². The minimum atomic E-state index is -0.467. The number of anilines is 1. The number of benzene rings is 2. The Bertz CT molecular complexity index is 533. The Balaban J connectivity index is 2.08. The SMILES string of the molecule is Cc1ccc(C(O)CN(C)c2ccccc2C)cc1. The molecular formula is C17H21NO. The fraction of sp³-hybridized carbons (Fsp3) is 0.294. The Morgan fingerprint density at radius 2 is 1.63 bits per heavy atom. The highest BCUT2D eigenvalue weighted by atomic mass is 16.3. The average molecular weight is 255 g/mol. The van der Waals surface area contributed by atoms with Gasteiger partial charge in [0.1, 0.15) is 0 Å². The molecule has 2 rings (SSSR count). The lowest BCUT2D eigenvalue weighted by Crippen LogP contribution is -2.24. The summed E-state index contributed by atoms with van der Waals surface area (Å²) in [7, 11) is 2.01. The van der Waals surface area contributed by atoms with Crippen LogP contribution in [0, 0.1) is 13.8 Å². The van der Waals surface area contributed by atoms with Crippen molar-refractivity contribution < 1.29 is 5.11 Å². The highest BCUT2D eigenvalue weighted by Gasteiger charge is 2.12. The van der Waals surface area contributed by atoms with Crippen LogP contribution in [-0.4, -0.2) is 18.7 Å². The highest BCUT2D eigenvalue weighted by Crippen LogP contribution is 2.21. The van der Waals surface area contributed by atoms with E-state index in [0.29, 0.717) is 6.54 Å². The largest absolute Gasteiger partial charge is 0.387 e. The number of rotatable bonds is 4. The molecule has 0 aromatic heterocycles. The molecule has 0 bridgehead atoms. The predicted octanol–water partition coefficient (Wildman–Crippen LogP) is 3.47. The predicted molar refractivity (Wildman–Crippen MR) is 80.6 cm³/mol. The van der Waals surface area contributed by atoms with Gasteiger partial charge in [-0.3, -0.25) is 0 Å². The minimum Gasteiger partial charge on any atom is -0.387 e. The molecule has 1 unspecified atom stereocenters. The molecule has 19 heavy (non-hydrogen) atoms. The fourth-order valence-corrected chi connectivity index (χ4v) is 2.24. The van der Waals surface area contributed by atoms with Crippen LogP contribution in [0.5, 0.6) is 0 Å². The van der Waals surface area contributed by atoms with E-state index in [0.717, 1.165) is 11.3 Å². The van der Waals surface area contributed by atoms with Crippen LogP contribution in [0.1, 0.15) is 22.8 Å². The third-order valence-corrected chi connectivity index (χ3v) is 3.44. The number of para-hydroxylation sites is 1. The van der Waals surface area contributed by atoms with Crippen molar-refractivity contribution in [1.29, 1.82) is 0 Å². The van der Waals surface area contributed by atoms with E-state index in [1.54, 1.807) is 0 Å². The first-order valence-electron chi connectivity index (χ1n) is 6.59. The number of aryl methyl sites for hydroxylation is 2. The Morgan fingerprint density at radius 3 is 2.26 bits per heavy atom. The Hall–Kier alpha value is -1.80. The van der Waals surface area contributed by atoms with Gasteiger partial charge in [0.15, 0.2) is 0 Å². The number of aliphatic hydroxyl groups excluding tert-OH is 1. The monoisotopic (exact) mass is 255 g/mol. The summed E-state index contributed by atoms with van der Waals surface area (Å²) in [5.74, 6) is 0. The summed E-state index contributed by atoms with van der Waals surface area (Å²) in [6.07, 6.45) is -0.467. The second-order valence-electron chi connectivity index (χ2n) is 5.09. The van der Waals surface area contributed by atoms with Crippen molar-refractivity contribution in [2.24, 2.45) is 0 Å². The first-order valence-corrected chi connectivity index (χ1v) is 6.59. The van der Waals surface area contributed by atoms with Crippen LogP contribution >= 0.6 is 0 Å².